The third kappa shape index (κ3) is 7.21. The summed E-state index contributed by atoms with van der Waals surface area (Å²) in [6.07, 6.45) is 2.80. The molecule has 5 heteroatoms. The van der Waals surface area contributed by atoms with Gasteiger partial charge >= 0.3 is 25.8 Å². The minimum atomic E-state index is -1.26. The fourth-order valence-corrected chi connectivity index (χ4v) is 5.37. The first kappa shape index (κ1) is 24.0. The predicted octanol–water partition coefficient (Wildman–Crippen LogP) is -2.68. The van der Waals surface area contributed by atoms with Crippen LogP contribution in [0.2, 0.25) is 13.1 Å². The van der Waals surface area contributed by atoms with E-state index in [1.165, 1.54) is 25.9 Å². The van der Waals surface area contributed by atoms with E-state index in [2.05, 4.69) is 41.9 Å². The van der Waals surface area contributed by atoms with Crippen molar-refractivity contribution in [1.82, 2.24) is 4.57 Å². The van der Waals surface area contributed by atoms with Gasteiger partial charge in [-0.15, -0.1) is 5.19 Å². The zero-order valence-electron chi connectivity index (χ0n) is 12.7. The molecule has 114 valence electrons. The van der Waals surface area contributed by atoms with Crippen LogP contribution in [0.5, 0.6) is 0 Å². The summed E-state index contributed by atoms with van der Waals surface area (Å²) in [4.78, 5) is 0. The molecule has 0 spiro atoms. The zero-order chi connectivity index (χ0) is 12.8. The van der Waals surface area contributed by atoms with Crippen LogP contribution in [0.4, 0.5) is 0 Å². The van der Waals surface area contributed by atoms with Gasteiger partial charge in [-0.1, -0.05) is 13.1 Å². The summed E-state index contributed by atoms with van der Waals surface area (Å²) in [6.45, 7) is 7.58. The van der Waals surface area contributed by atoms with E-state index < -0.39 is 8.24 Å². The Balaban J connectivity index is 0. The van der Waals surface area contributed by atoms with Crippen molar-refractivity contribution in [2.45, 2.75) is 25.9 Å². The van der Waals surface area contributed by atoms with Gasteiger partial charge < -0.3 is 38.5 Å². The summed E-state index contributed by atoms with van der Waals surface area (Å²) < 4.78 is 2.72. The third-order valence-corrected chi connectivity index (χ3v) is 7.60. The summed E-state index contributed by atoms with van der Waals surface area (Å²) in [5, 5.41) is 1.59. The van der Waals surface area contributed by atoms with Crippen LogP contribution in [0.15, 0.2) is 54.6 Å². The molecule has 2 aromatic carbocycles. The van der Waals surface area contributed by atoms with Gasteiger partial charge in [0.15, 0.2) is 0 Å². The minimum absolute atomic E-state index is 0. The molecule has 2 aromatic rings. The molecule has 0 saturated carbocycles. The van der Waals surface area contributed by atoms with Gasteiger partial charge in [-0.05, 0) is 25.9 Å². The van der Waals surface area contributed by atoms with Crippen molar-refractivity contribution in [3.8, 4) is 0 Å². The molecule has 0 aliphatic carbocycles. The summed E-state index contributed by atoms with van der Waals surface area (Å²) in [5.41, 5.74) is 0. The molecule has 0 unspecified atom stereocenters. The smallest absolute Gasteiger partial charge is 1.00 e. The average Bonchev–Trinajstić information content (AvgIpc) is 3.14. The van der Waals surface area contributed by atoms with Crippen molar-refractivity contribution < 1.29 is 59.8 Å². The molecule has 0 bridgehead atoms. The SMILES string of the molecule is C[Si](C)([c-]1cccc1)N1CCCC1.[Br-].[Br-].[Hf+4].c1cc[cH-]c1. The van der Waals surface area contributed by atoms with Crippen LogP contribution >= 0.6 is 0 Å². The number of hydrogen-bond acceptors (Lipinski definition) is 1. The van der Waals surface area contributed by atoms with Gasteiger partial charge in [-0.2, -0.15) is 30.3 Å². The van der Waals surface area contributed by atoms with Gasteiger partial charge in [-0.25, -0.2) is 24.3 Å². The Morgan fingerprint density at radius 1 is 0.905 bits per heavy atom. The molecule has 1 saturated heterocycles. The van der Waals surface area contributed by atoms with E-state index in [0.717, 1.165) is 0 Å². The quantitative estimate of drug-likeness (QED) is 0.271. The largest absolute Gasteiger partial charge is 4.00 e. The summed E-state index contributed by atoms with van der Waals surface area (Å²) >= 11 is 0. The van der Waals surface area contributed by atoms with E-state index in [9.17, 15) is 0 Å². The standard InChI is InChI=1S/C11H18NSi.C5H5.2BrH.Hf/c1-13(2,11-7-3-4-8-11)12-9-5-6-10-12;1-2-4-5-3-1;;;/h3-4,7-8H,5-6,9-10H2,1-2H3;1-5H;2*1H;/q2*-1;;;+4/p-2. The molecule has 1 nitrogen and oxygen atoms in total. The van der Waals surface area contributed by atoms with Crippen molar-refractivity contribution >= 4 is 13.4 Å². The van der Waals surface area contributed by atoms with E-state index in [0.29, 0.717) is 0 Å². The second kappa shape index (κ2) is 12.2. The predicted molar refractivity (Wildman–Crippen MR) is 82.0 cm³/mol. The molecule has 21 heavy (non-hydrogen) atoms. The molecule has 1 fully saturated rings. The molecular weight excluding hydrogens is 573 g/mol. The first-order chi connectivity index (χ1) is 8.71. The molecular formula is C16H23Br2HfNSi. The molecule has 0 atom stereocenters. The molecule has 1 aliphatic heterocycles. The summed E-state index contributed by atoms with van der Waals surface area (Å²) in [7, 11) is -1.26. The summed E-state index contributed by atoms with van der Waals surface area (Å²) in [6, 6.07) is 18.9. The van der Waals surface area contributed by atoms with E-state index in [1.54, 1.807) is 5.19 Å². The second-order valence-electron chi connectivity index (χ2n) is 5.39. The van der Waals surface area contributed by atoms with E-state index in [4.69, 9.17) is 0 Å². The molecule has 1 heterocycles. The Kier molecular flexibility index (Phi) is 13.9. The van der Waals surface area contributed by atoms with E-state index >= 15 is 0 Å². The second-order valence-corrected chi connectivity index (χ2v) is 9.72. The van der Waals surface area contributed by atoms with Crippen molar-refractivity contribution in [2.24, 2.45) is 0 Å². The van der Waals surface area contributed by atoms with Crippen LogP contribution < -0.4 is 39.1 Å². The Morgan fingerprint density at radius 3 is 1.76 bits per heavy atom. The minimum Gasteiger partial charge on any atom is -1.00 e. The van der Waals surface area contributed by atoms with Gasteiger partial charge in [0.05, 0.1) is 8.24 Å². The van der Waals surface area contributed by atoms with Crippen LogP contribution in [-0.2, 0) is 25.8 Å². The average molecular weight is 596 g/mol. The van der Waals surface area contributed by atoms with Crippen LogP contribution in [0.1, 0.15) is 12.8 Å². The maximum Gasteiger partial charge on any atom is 4.00 e. The molecule has 3 rings (SSSR count). The maximum absolute atomic E-state index is 2.72. The van der Waals surface area contributed by atoms with Crippen LogP contribution in [0.3, 0.4) is 0 Å². The molecule has 0 aromatic heterocycles. The van der Waals surface area contributed by atoms with Crippen molar-refractivity contribution in [3.63, 3.8) is 0 Å². The van der Waals surface area contributed by atoms with Crippen LogP contribution in [-0.4, -0.2) is 25.9 Å². The van der Waals surface area contributed by atoms with Crippen LogP contribution in [0.25, 0.3) is 0 Å². The van der Waals surface area contributed by atoms with Gasteiger partial charge in [0, 0.05) is 0 Å². The molecule has 0 N–H and O–H groups in total. The number of halogens is 2. The van der Waals surface area contributed by atoms with E-state index in [1.807, 2.05) is 30.3 Å². The fraction of sp³-hybridized carbons (Fsp3) is 0.375. The molecule has 0 radical (unpaired) electrons. The molecule has 1 aliphatic rings. The Morgan fingerprint density at radius 2 is 1.38 bits per heavy atom. The van der Waals surface area contributed by atoms with Crippen LogP contribution in [0, 0.1) is 0 Å². The fourth-order valence-electron chi connectivity index (χ4n) is 2.56. The Hall–Kier alpha value is 0.707. The first-order valence-corrected chi connectivity index (χ1v) is 9.80. The third-order valence-electron chi connectivity index (χ3n) is 3.82. The topological polar surface area (TPSA) is 3.24 Å². The van der Waals surface area contributed by atoms with Crippen molar-refractivity contribution in [2.75, 3.05) is 13.1 Å². The number of rotatable bonds is 2. The molecule has 0 amide bonds. The van der Waals surface area contributed by atoms with E-state index in [-0.39, 0.29) is 59.8 Å². The van der Waals surface area contributed by atoms with Crippen molar-refractivity contribution in [3.05, 3.63) is 54.6 Å². The monoisotopic (exact) mass is 595 g/mol. The number of nitrogens with zero attached hydrogens (tertiary/aromatic N) is 1. The Labute approximate surface area is 170 Å². The first-order valence-electron chi connectivity index (χ1n) is 6.85. The Bertz CT molecular complexity index is 406. The van der Waals surface area contributed by atoms with Crippen molar-refractivity contribution in [1.29, 1.82) is 0 Å². The maximum atomic E-state index is 2.72. The number of hydrogen-bond donors (Lipinski definition) is 0. The van der Waals surface area contributed by atoms with Gasteiger partial charge in [-0.3, -0.25) is 0 Å². The van der Waals surface area contributed by atoms with Gasteiger partial charge in [0.25, 0.3) is 0 Å². The summed E-state index contributed by atoms with van der Waals surface area (Å²) in [5.74, 6) is 0. The zero-order valence-corrected chi connectivity index (χ0v) is 20.5. The van der Waals surface area contributed by atoms with Gasteiger partial charge in [0.2, 0.25) is 0 Å². The van der Waals surface area contributed by atoms with Gasteiger partial charge in [0.1, 0.15) is 0 Å². The normalized spacial score (nSPS) is 14.0.